The predicted octanol–water partition coefficient (Wildman–Crippen LogP) is 4.57. The van der Waals surface area contributed by atoms with Crippen LogP contribution in [0.4, 0.5) is 4.79 Å². The number of rotatable bonds is 7. The molecule has 3 rings (SSSR count). The van der Waals surface area contributed by atoms with Crippen LogP contribution < -0.4 is 4.74 Å². The molecule has 174 valence electrons. The zero-order valence-corrected chi connectivity index (χ0v) is 20.0. The maximum Gasteiger partial charge on any atom is 0.410 e. The molecular formula is C24H32N2O5S. The van der Waals surface area contributed by atoms with Gasteiger partial charge in [-0.1, -0.05) is 13.0 Å². The molecule has 0 saturated carbocycles. The van der Waals surface area contributed by atoms with E-state index in [2.05, 4.69) is 11.1 Å². The van der Waals surface area contributed by atoms with Gasteiger partial charge in [-0.05, 0) is 74.9 Å². The number of hydrogen-bond donors (Lipinski definition) is 0. The number of likely N-dealkylation sites (tertiary alicyclic amines) is 1. The van der Waals surface area contributed by atoms with Crippen LogP contribution in [0.1, 0.15) is 57.2 Å². The van der Waals surface area contributed by atoms with Gasteiger partial charge in [0, 0.05) is 25.5 Å². The molecule has 1 aromatic heterocycles. The van der Waals surface area contributed by atoms with Crippen molar-refractivity contribution in [3.8, 4) is 5.75 Å². The molecular weight excluding hydrogens is 428 g/mol. The van der Waals surface area contributed by atoms with Gasteiger partial charge in [-0.25, -0.2) is 13.2 Å². The number of carbonyl (C=O) groups is 1. The fourth-order valence-electron chi connectivity index (χ4n) is 3.47. The Morgan fingerprint density at radius 3 is 2.31 bits per heavy atom. The molecule has 1 aliphatic heterocycles. The molecule has 0 spiro atoms. The third-order valence-corrected chi connectivity index (χ3v) is 7.05. The van der Waals surface area contributed by atoms with Crippen molar-refractivity contribution in [1.29, 1.82) is 0 Å². The first kappa shape index (κ1) is 24.0. The highest BCUT2D eigenvalue weighted by atomic mass is 32.2. The Bertz CT molecular complexity index is 1010. The Morgan fingerprint density at radius 1 is 1.12 bits per heavy atom. The molecule has 0 bridgehead atoms. The summed E-state index contributed by atoms with van der Waals surface area (Å²) < 4.78 is 34.4. The summed E-state index contributed by atoms with van der Waals surface area (Å²) in [6.07, 6.45) is 5.37. The topological polar surface area (TPSA) is 85.8 Å². The van der Waals surface area contributed by atoms with Gasteiger partial charge < -0.3 is 14.4 Å². The quantitative estimate of drug-likeness (QED) is 0.602. The third-order valence-electron chi connectivity index (χ3n) is 5.93. The predicted molar refractivity (Wildman–Crippen MR) is 123 cm³/mol. The lowest BCUT2D eigenvalue weighted by Gasteiger charge is -2.34. The van der Waals surface area contributed by atoms with Crippen molar-refractivity contribution >= 4 is 15.9 Å². The minimum Gasteiger partial charge on any atom is -0.487 e. The highest BCUT2D eigenvalue weighted by molar-refractivity contribution is 7.90. The number of benzene rings is 1. The van der Waals surface area contributed by atoms with Crippen LogP contribution in [0.5, 0.6) is 5.75 Å². The number of amides is 1. The lowest BCUT2D eigenvalue weighted by atomic mass is 9.90. The molecule has 0 atom stereocenters. The monoisotopic (exact) mass is 460 g/mol. The van der Waals surface area contributed by atoms with E-state index in [1.807, 2.05) is 33.0 Å². The number of piperidine rings is 1. The summed E-state index contributed by atoms with van der Waals surface area (Å²) in [6, 6.07) is 10.4. The van der Waals surface area contributed by atoms with Crippen molar-refractivity contribution in [3.05, 3.63) is 53.9 Å². The summed E-state index contributed by atoms with van der Waals surface area (Å²) in [5, 5.41) is 0. The molecule has 8 heteroatoms. The average molecular weight is 461 g/mol. The molecule has 2 heterocycles. The summed E-state index contributed by atoms with van der Waals surface area (Å²) in [6.45, 7) is 7.53. The number of pyridine rings is 1. The van der Waals surface area contributed by atoms with E-state index in [4.69, 9.17) is 9.47 Å². The molecule has 0 aliphatic carbocycles. The van der Waals surface area contributed by atoms with Crippen LogP contribution in [0.2, 0.25) is 0 Å². The molecule has 32 heavy (non-hydrogen) atoms. The smallest absolute Gasteiger partial charge is 0.410 e. The molecule has 7 nitrogen and oxygen atoms in total. The summed E-state index contributed by atoms with van der Waals surface area (Å²) in [5.74, 6) is 0.957. The molecule has 0 unspecified atom stereocenters. The van der Waals surface area contributed by atoms with Gasteiger partial charge in [0.15, 0.2) is 9.84 Å². The number of sulfone groups is 1. The fraction of sp³-hybridized carbons (Fsp3) is 0.500. The molecule has 2 aromatic rings. The zero-order valence-electron chi connectivity index (χ0n) is 19.2. The van der Waals surface area contributed by atoms with Crippen LogP contribution in [0, 0.1) is 0 Å². The first-order valence-electron chi connectivity index (χ1n) is 10.9. The minimum atomic E-state index is -3.22. The van der Waals surface area contributed by atoms with Crippen LogP contribution in [0.25, 0.3) is 0 Å². The van der Waals surface area contributed by atoms with Crippen LogP contribution in [0.15, 0.2) is 47.5 Å². The molecule has 1 aromatic carbocycles. The van der Waals surface area contributed by atoms with Crippen LogP contribution in [0.3, 0.4) is 0 Å². The van der Waals surface area contributed by atoms with E-state index in [9.17, 15) is 13.2 Å². The first-order chi connectivity index (χ1) is 15.1. The van der Waals surface area contributed by atoms with Crippen molar-refractivity contribution < 1.29 is 22.7 Å². The number of aromatic nitrogens is 1. The van der Waals surface area contributed by atoms with E-state index in [1.54, 1.807) is 17.0 Å². The van der Waals surface area contributed by atoms with Gasteiger partial charge in [-0.3, -0.25) is 4.98 Å². The van der Waals surface area contributed by atoms with Gasteiger partial charge >= 0.3 is 6.09 Å². The Morgan fingerprint density at radius 2 is 1.78 bits per heavy atom. The number of nitrogens with zero attached hydrogens (tertiary/aromatic N) is 2. The van der Waals surface area contributed by atoms with Gasteiger partial charge in [0.1, 0.15) is 18.0 Å². The van der Waals surface area contributed by atoms with Gasteiger partial charge in [0.25, 0.3) is 0 Å². The minimum absolute atomic E-state index is 0.231. The number of carbonyl (C=O) groups excluding carboxylic acids is 1. The van der Waals surface area contributed by atoms with Gasteiger partial charge in [-0.15, -0.1) is 0 Å². The lowest BCUT2D eigenvalue weighted by molar-refractivity contribution is 0.00750. The van der Waals surface area contributed by atoms with Crippen molar-refractivity contribution in [2.24, 2.45) is 0 Å². The maximum atomic E-state index is 12.4. The Balaban J connectivity index is 1.49. The zero-order chi connectivity index (χ0) is 23.4. The third kappa shape index (κ3) is 6.45. The average Bonchev–Trinajstić information content (AvgIpc) is 2.77. The van der Waals surface area contributed by atoms with E-state index in [1.165, 1.54) is 18.4 Å². The van der Waals surface area contributed by atoms with Gasteiger partial charge in [0.2, 0.25) is 0 Å². The van der Waals surface area contributed by atoms with Crippen LogP contribution in [-0.4, -0.2) is 49.3 Å². The lowest BCUT2D eigenvalue weighted by Crippen LogP contribution is -2.42. The van der Waals surface area contributed by atoms with Gasteiger partial charge in [-0.2, -0.15) is 0 Å². The molecule has 1 aliphatic rings. The Labute approximate surface area is 190 Å². The number of hydrogen-bond acceptors (Lipinski definition) is 6. The fourth-order valence-corrected chi connectivity index (χ4v) is 4.10. The summed E-state index contributed by atoms with van der Waals surface area (Å²) in [5.41, 5.74) is 1.52. The normalized spacial score (nSPS) is 15.4. The standard InChI is InChI=1S/C24H32N2O5S/c1-5-24(2,3)31-23(27)26-14-12-18(13-15-26)19-6-7-20(25-16-19)17-30-21-8-10-22(11-9-21)32(4,28)29/h6-11,16,18H,5,12-15,17H2,1-4H3. The van der Waals surface area contributed by atoms with E-state index >= 15 is 0 Å². The molecule has 1 fully saturated rings. The molecule has 1 saturated heterocycles. The van der Waals surface area contributed by atoms with Crippen molar-refractivity contribution in [3.63, 3.8) is 0 Å². The highest BCUT2D eigenvalue weighted by Gasteiger charge is 2.28. The second-order valence-corrected chi connectivity index (χ2v) is 10.9. The second kappa shape index (κ2) is 9.90. The molecule has 0 N–H and O–H groups in total. The van der Waals surface area contributed by atoms with E-state index in [0.717, 1.165) is 30.5 Å². The maximum absolute atomic E-state index is 12.4. The Kier molecular flexibility index (Phi) is 7.44. The molecule has 1 amide bonds. The van der Waals surface area contributed by atoms with Crippen molar-refractivity contribution in [1.82, 2.24) is 9.88 Å². The highest BCUT2D eigenvalue weighted by Crippen LogP contribution is 2.29. The first-order valence-corrected chi connectivity index (χ1v) is 12.8. The van der Waals surface area contributed by atoms with Crippen molar-refractivity contribution in [2.45, 2.75) is 63.1 Å². The van der Waals surface area contributed by atoms with E-state index in [0.29, 0.717) is 31.4 Å². The van der Waals surface area contributed by atoms with Crippen molar-refractivity contribution in [2.75, 3.05) is 19.3 Å². The summed E-state index contributed by atoms with van der Waals surface area (Å²) in [7, 11) is -3.22. The summed E-state index contributed by atoms with van der Waals surface area (Å²) >= 11 is 0. The van der Waals surface area contributed by atoms with Crippen LogP contribution in [-0.2, 0) is 21.2 Å². The Hall–Kier alpha value is -2.61. The SMILES string of the molecule is CCC(C)(C)OC(=O)N1CCC(c2ccc(COc3ccc(S(C)(=O)=O)cc3)nc2)CC1. The van der Waals surface area contributed by atoms with Crippen LogP contribution >= 0.6 is 0 Å². The number of ether oxygens (including phenoxy) is 2. The van der Waals surface area contributed by atoms with Gasteiger partial charge in [0.05, 0.1) is 10.6 Å². The largest absolute Gasteiger partial charge is 0.487 e. The second-order valence-electron chi connectivity index (χ2n) is 8.86. The molecule has 0 radical (unpaired) electrons. The van der Waals surface area contributed by atoms with E-state index < -0.39 is 15.4 Å². The summed E-state index contributed by atoms with van der Waals surface area (Å²) in [4.78, 5) is 18.9. The van der Waals surface area contributed by atoms with E-state index in [-0.39, 0.29) is 11.0 Å².